The smallest absolute Gasteiger partial charge is 0.0981 e. The molecule has 0 atom stereocenters. The van der Waals surface area contributed by atoms with Crippen molar-refractivity contribution in [1.82, 2.24) is 24.6 Å². The molecule has 5 nitrogen and oxygen atoms in total. The van der Waals surface area contributed by atoms with E-state index < -0.39 is 0 Å². The molecule has 0 saturated carbocycles. The Morgan fingerprint density at radius 1 is 0.931 bits per heavy atom. The zero-order valence-corrected chi connectivity index (χ0v) is 16.7. The first kappa shape index (κ1) is 16.6. The maximum Gasteiger partial charge on any atom is 0.0981 e. The Hall–Kier alpha value is -3.31. The van der Waals surface area contributed by atoms with Crippen molar-refractivity contribution in [3.8, 4) is 0 Å². The standard InChI is InChI=1S/C24H23N5/c1-28(2)12-7-13-29-19-11-6-4-9-16(19)20-17-14-25-27-22(17)21-15-8-3-5-10-18(15)26-23(21)24(20)29/h3-6,8-11,14,25,27H,7,12-13H2,1-2H3. The van der Waals surface area contributed by atoms with Gasteiger partial charge in [0.25, 0.3) is 0 Å². The number of hydrogen-bond donors (Lipinski definition) is 2. The first-order valence-corrected chi connectivity index (χ1v) is 10.2. The van der Waals surface area contributed by atoms with Gasteiger partial charge in [-0.1, -0.05) is 36.4 Å². The third kappa shape index (κ3) is 2.28. The van der Waals surface area contributed by atoms with Gasteiger partial charge in [0, 0.05) is 45.2 Å². The third-order valence-corrected chi connectivity index (χ3v) is 6.03. The number of aromatic nitrogens is 4. The summed E-state index contributed by atoms with van der Waals surface area (Å²) in [4.78, 5) is 7.35. The van der Waals surface area contributed by atoms with Crippen LogP contribution in [0.1, 0.15) is 6.42 Å². The summed E-state index contributed by atoms with van der Waals surface area (Å²) in [5.74, 6) is 0. The van der Waals surface area contributed by atoms with Crippen molar-refractivity contribution >= 4 is 54.5 Å². The second-order valence-corrected chi connectivity index (χ2v) is 8.10. The predicted octanol–water partition coefficient (Wildman–Crippen LogP) is 5.26. The molecule has 0 unspecified atom stereocenters. The van der Waals surface area contributed by atoms with Gasteiger partial charge in [0.2, 0.25) is 0 Å². The Kier molecular flexibility index (Phi) is 3.49. The van der Waals surface area contributed by atoms with Crippen LogP contribution in [0.25, 0.3) is 54.5 Å². The molecule has 0 aliphatic rings. The largest absolute Gasteiger partial charge is 0.339 e. The van der Waals surface area contributed by atoms with Crippen LogP contribution >= 0.6 is 0 Å². The molecule has 0 aliphatic carbocycles. The first-order chi connectivity index (χ1) is 14.2. The highest BCUT2D eigenvalue weighted by atomic mass is 15.1. The highest BCUT2D eigenvalue weighted by Gasteiger charge is 2.21. The molecular weight excluding hydrogens is 358 g/mol. The summed E-state index contributed by atoms with van der Waals surface area (Å²) in [5.41, 5.74) is 5.80. The van der Waals surface area contributed by atoms with E-state index in [1.165, 1.54) is 38.0 Å². The fourth-order valence-corrected chi connectivity index (χ4v) is 4.82. The number of fused-ring (bicyclic) bond motifs is 10. The van der Waals surface area contributed by atoms with E-state index in [2.05, 4.69) is 88.5 Å². The summed E-state index contributed by atoms with van der Waals surface area (Å²) in [6.07, 6.45) is 3.19. The zero-order valence-electron chi connectivity index (χ0n) is 16.7. The van der Waals surface area contributed by atoms with Crippen LogP contribution in [0.15, 0.2) is 54.7 Å². The molecule has 0 radical (unpaired) electrons. The zero-order chi connectivity index (χ0) is 19.5. The van der Waals surface area contributed by atoms with Crippen molar-refractivity contribution in [3.63, 3.8) is 0 Å². The van der Waals surface area contributed by atoms with Gasteiger partial charge in [0.05, 0.1) is 22.1 Å². The fraction of sp³-hybridized carbons (Fsp3) is 0.208. The molecule has 144 valence electrons. The summed E-state index contributed by atoms with van der Waals surface area (Å²) in [7, 11) is 4.27. The van der Waals surface area contributed by atoms with Gasteiger partial charge in [-0.15, -0.1) is 0 Å². The summed E-state index contributed by atoms with van der Waals surface area (Å²) in [6, 6.07) is 17.2. The van der Waals surface area contributed by atoms with E-state index in [0.29, 0.717) is 0 Å². The monoisotopic (exact) mass is 381 g/mol. The lowest BCUT2D eigenvalue weighted by Crippen LogP contribution is -2.15. The number of para-hydroxylation sites is 2. The maximum absolute atomic E-state index is 5.11. The topological polar surface area (TPSA) is 52.6 Å². The molecule has 3 heterocycles. The van der Waals surface area contributed by atoms with E-state index >= 15 is 0 Å². The lowest BCUT2D eigenvalue weighted by Gasteiger charge is -2.12. The molecule has 6 rings (SSSR count). The van der Waals surface area contributed by atoms with Gasteiger partial charge in [-0.05, 0) is 39.2 Å². The molecule has 6 aromatic rings. The molecule has 0 amide bonds. The van der Waals surface area contributed by atoms with Crippen molar-refractivity contribution < 1.29 is 0 Å². The molecule has 3 aromatic heterocycles. The number of aromatic amines is 2. The highest BCUT2D eigenvalue weighted by molar-refractivity contribution is 6.34. The van der Waals surface area contributed by atoms with Gasteiger partial charge in [-0.2, -0.15) is 0 Å². The van der Waals surface area contributed by atoms with Gasteiger partial charge >= 0.3 is 0 Å². The number of nitrogens with one attached hydrogen (secondary N) is 2. The van der Waals surface area contributed by atoms with Crippen LogP contribution in [0.3, 0.4) is 0 Å². The Morgan fingerprint density at radius 3 is 2.59 bits per heavy atom. The molecular formula is C24H23N5. The molecule has 5 heteroatoms. The average Bonchev–Trinajstić information content (AvgIpc) is 3.41. The Bertz CT molecular complexity index is 1510. The van der Waals surface area contributed by atoms with Crippen molar-refractivity contribution in [2.24, 2.45) is 0 Å². The minimum Gasteiger partial charge on any atom is -0.339 e. The van der Waals surface area contributed by atoms with Gasteiger partial charge in [0.15, 0.2) is 0 Å². The van der Waals surface area contributed by atoms with E-state index in [0.717, 1.165) is 36.1 Å². The highest BCUT2D eigenvalue weighted by Crippen LogP contribution is 2.42. The van der Waals surface area contributed by atoms with Gasteiger partial charge < -0.3 is 19.7 Å². The molecule has 3 aromatic carbocycles. The molecule has 0 aliphatic heterocycles. The van der Waals surface area contributed by atoms with Crippen LogP contribution in [0.4, 0.5) is 0 Å². The van der Waals surface area contributed by atoms with Crippen molar-refractivity contribution in [2.75, 3.05) is 20.6 Å². The quantitative estimate of drug-likeness (QED) is 0.438. The van der Waals surface area contributed by atoms with Crippen molar-refractivity contribution in [2.45, 2.75) is 13.0 Å². The number of rotatable bonds is 4. The molecule has 0 spiro atoms. The fourth-order valence-electron chi connectivity index (χ4n) is 4.82. The summed E-state index contributed by atoms with van der Waals surface area (Å²) >= 11 is 0. The second kappa shape index (κ2) is 6.09. The number of benzene rings is 3. The number of aryl methyl sites for hydroxylation is 1. The summed E-state index contributed by atoms with van der Waals surface area (Å²) < 4.78 is 2.48. The van der Waals surface area contributed by atoms with Crippen LogP contribution in [-0.2, 0) is 6.54 Å². The van der Waals surface area contributed by atoms with Crippen LogP contribution in [-0.4, -0.2) is 45.3 Å². The molecule has 0 fully saturated rings. The van der Waals surface area contributed by atoms with Crippen LogP contribution in [0.5, 0.6) is 0 Å². The predicted molar refractivity (Wildman–Crippen MR) is 122 cm³/mol. The van der Waals surface area contributed by atoms with Crippen molar-refractivity contribution in [1.29, 1.82) is 0 Å². The number of nitrogens with zero attached hydrogens (tertiary/aromatic N) is 3. The third-order valence-electron chi connectivity index (χ3n) is 6.03. The lowest BCUT2D eigenvalue weighted by atomic mass is 10.0. The minimum absolute atomic E-state index is 0.972. The van der Waals surface area contributed by atoms with E-state index in [-0.39, 0.29) is 0 Å². The van der Waals surface area contributed by atoms with Crippen LogP contribution in [0.2, 0.25) is 0 Å². The molecule has 2 N–H and O–H groups in total. The second-order valence-electron chi connectivity index (χ2n) is 8.10. The van der Waals surface area contributed by atoms with E-state index in [9.17, 15) is 0 Å². The first-order valence-electron chi connectivity index (χ1n) is 10.2. The molecule has 0 saturated heterocycles. The molecule has 0 bridgehead atoms. The Balaban J connectivity index is 1.82. The van der Waals surface area contributed by atoms with Crippen LogP contribution in [0, 0.1) is 0 Å². The molecule has 29 heavy (non-hydrogen) atoms. The van der Waals surface area contributed by atoms with Gasteiger partial charge in [-0.25, -0.2) is 4.98 Å². The average molecular weight is 381 g/mol. The Morgan fingerprint density at radius 2 is 1.72 bits per heavy atom. The van der Waals surface area contributed by atoms with E-state index in [1.807, 2.05) is 0 Å². The van der Waals surface area contributed by atoms with Crippen molar-refractivity contribution in [3.05, 3.63) is 54.7 Å². The van der Waals surface area contributed by atoms with Gasteiger partial charge in [-0.3, -0.25) is 0 Å². The number of hydrogen-bond acceptors (Lipinski definition) is 2. The van der Waals surface area contributed by atoms with Gasteiger partial charge in [0.1, 0.15) is 0 Å². The normalized spacial score (nSPS) is 12.5. The minimum atomic E-state index is 0.972. The maximum atomic E-state index is 5.11. The van der Waals surface area contributed by atoms with Crippen LogP contribution < -0.4 is 0 Å². The summed E-state index contributed by atoms with van der Waals surface area (Å²) in [5, 5.41) is 12.8. The summed E-state index contributed by atoms with van der Waals surface area (Å²) in [6.45, 7) is 2.04. The number of H-pyrrole nitrogens is 2. The van der Waals surface area contributed by atoms with E-state index in [1.54, 1.807) is 0 Å². The van der Waals surface area contributed by atoms with E-state index in [4.69, 9.17) is 4.98 Å². The lowest BCUT2D eigenvalue weighted by molar-refractivity contribution is 0.389. The Labute approximate surface area is 167 Å². The SMILES string of the molecule is CN(C)CCCn1c2ccccc2c2c3c[nH][nH]c3c3c4ccccc4nc3c21.